The van der Waals surface area contributed by atoms with Crippen LogP contribution in [0.1, 0.15) is 133 Å². The van der Waals surface area contributed by atoms with Crippen molar-refractivity contribution in [3.63, 3.8) is 0 Å². The van der Waals surface area contributed by atoms with Crippen LogP contribution in [0.5, 0.6) is 0 Å². The fourth-order valence-corrected chi connectivity index (χ4v) is 9.54. The van der Waals surface area contributed by atoms with Crippen molar-refractivity contribution < 1.29 is 72.5 Å². The molecule has 0 bridgehead atoms. The number of aliphatic carboxylic acids is 2. The molecule has 0 aliphatic heterocycles. The van der Waals surface area contributed by atoms with Crippen molar-refractivity contribution in [3.8, 4) is 0 Å². The third-order valence-electron chi connectivity index (χ3n) is 14.5. The molecule has 34 heteroatoms. The van der Waals surface area contributed by atoms with Gasteiger partial charge >= 0.3 is 11.9 Å². The van der Waals surface area contributed by atoms with Crippen molar-refractivity contribution in [3.05, 3.63) is 36.0 Å². The fourth-order valence-electron chi connectivity index (χ4n) is 9.54. The number of carbonyl (C=O) groups is 13. The van der Waals surface area contributed by atoms with E-state index in [-0.39, 0.29) is 87.7 Å². The van der Waals surface area contributed by atoms with Crippen molar-refractivity contribution in [2.75, 3.05) is 26.2 Å². The molecule has 1 aromatic heterocycles. The summed E-state index contributed by atoms with van der Waals surface area (Å²) in [5.41, 5.74) is 29.3. The van der Waals surface area contributed by atoms with E-state index in [9.17, 15) is 72.5 Å². The predicted octanol–water partition coefficient (Wildman–Crippen LogP) is -3.48. The van der Waals surface area contributed by atoms with Crippen LogP contribution in [0.3, 0.4) is 0 Å². The molecule has 2 aromatic rings. The smallest absolute Gasteiger partial charge is 0.326 e. The normalized spacial score (nSPS) is 14.3. The van der Waals surface area contributed by atoms with Gasteiger partial charge in [0.25, 0.3) is 0 Å². The maximum atomic E-state index is 14.0. The molecule has 0 saturated heterocycles. The van der Waals surface area contributed by atoms with E-state index in [1.54, 1.807) is 67.7 Å². The number of guanidine groups is 2. The van der Waals surface area contributed by atoms with Crippen molar-refractivity contribution in [2.24, 2.45) is 62.3 Å². The van der Waals surface area contributed by atoms with E-state index in [4.69, 9.17) is 28.7 Å². The first kappa shape index (κ1) is 81.5. The van der Waals surface area contributed by atoms with Gasteiger partial charge in [-0.1, -0.05) is 73.6 Å². The van der Waals surface area contributed by atoms with Gasteiger partial charge < -0.3 is 102 Å². The molecule has 0 aliphatic rings. The van der Waals surface area contributed by atoms with Gasteiger partial charge in [-0.3, -0.25) is 67.5 Å². The molecule has 11 amide bonds. The van der Waals surface area contributed by atoms with Gasteiger partial charge in [0.05, 0.1) is 19.1 Å². The fraction of sp³-hybridized carbons (Fsp3) is 0.623. The minimum Gasteiger partial charge on any atom is -0.481 e. The monoisotopic (exact) mass is 1340 g/mol. The molecule has 10 atom stereocenters. The lowest BCUT2D eigenvalue weighted by atomic mass is 9.99. The van der Waals surface area contributed by atoms with Crippen molar-refractivity contribution in [1.82, 2.24) is 63.5 Å². The number of carboxylic acids is 2. The maximum absolute atomic E-state index is 14.0. The lowest BCUT2D eigenvalue weighted by Gasteiger charge is -2.28. The third-order valence-corrected chi connectivity index (χ3v) is 14.5. The zero-order valence-electron chi connectivity index (χ0n) is 55.9. The molecular formula is C61H101N19O15. The van der Waals surface area contributed by atoms with Gasteiger partial charge in [-0.2, -0.15) is 0 Å². The summed E-state index contributed by atoms with van der Waals surface area (Å²) in [7, 11) is 0. The number of carboxylic acid groups (broad SMARTS) is 2. The highest BCUT2D eigenvalue weighted by Crippen LogP contribution is 2.20. The van der Waals surface area contributed by atoms with Crippen LogP contribution in [0, 0.1) is 23.7 Å². The van der Waals surface area contributed by atoms with E-state index in [0.29, 0.717) is 12.0 Å². The van der Waals surface area contributed by atoms with E-state index in [2.05, 4.69) is 73.5 Å². The first-order chi connectivity index (χ1) is 44.5. The number of amides is 11. The summed E-state index contributed by atoms with van der Waals surface area (Å²) < 4.78 is 0. The standard InChI is InChI=1S/C61H101N19O15/c1-30(2)23-42(57(92)80-49(33(7)8)58(93)73-34(9)50(85)72-35(10)51(86)77-43(24-31(3)4)56(91)79-45(59(94)95)25-32(5)6)75-47(82)29-70-53(88)41(19-20-48(83)84)76-55(90)40(18-14-22-68-61(65)66)74-46(81)28-71-54(89)44(26-36-27-69-39-17-12-11-15-37(36)39)78-52(87)38(62)16-13-21-67-60(63)64/h11-12,15,17,27,30-35,38,40-45,49,69H,13-14,16,18-26,28-29,62H2,1-10H3,(H,70,88)(H,71,89)(H,72,85)(H,73,93)(H,74,81)(H,75,82)(H,76,90)(H,77,86)(H,78,87)(H,79,91)(H,80,92)(H,83,84)(H,94,95)(H4,63,64,67)(H4,65,66,68)/t34-,35-,38-,40-,41-,42-,43-,44-,45-,49-/m0/s1. The van der Waals surface area contributed by atoms with Gasteiger partial charge in [0.2, 0.25) is 65.0 Å². The Bertz CT molecular complexity index is 3020. The molecule has 0 radical (unpaired) electrons. The third kappa shape index (κ3) is 31.2. The van der Waals surface area contributed by atoms with Crippen molar-refractivity contribution >= 4 is 99.7 Å². The first-order valence-corrected chi connectivity index (χ1v) is 31.6. The Morgan fingerprint density at radius 2 is 0.905 bits per heavy atom. The lowest BCUT2D eigenvalue weighted by molar-refractivity contribution is -0.143. The molecule has 0 saturated carbocycles. The molecule has 1 heterocycles. The topological polar surface area (TPSA) is 565 Å². The SMILES string of the molecule is CC(C)C[C@H](NC(=O)[C@H](CC(C)C)NC(=O)[C@H](C)NC(=O)[C@H](C)NC(=O)[C@@H](NC(=O)[C@H](CC(C)C)NC(=O)CNC(=O)[C@H](CCC(=O)O)NC(=O)[C@H](CCCN=C(N)N)NC(=O)CNC(=O)[C@H](Cc1c[nH]c2ccccc12)NC(=O)[C@@H](N)CCCN=C(N)N)C(C)C)C(=O)O. The molecular weight excluding hydrogens is 1240 g/mol. The number of H-pyrrole nitrogens is 1. The summed E-state index contributed by atoms with van der Waals surface area (Å²) in [5, 5.41) is 47.6. The van der Waals surface area contributed by atoms with Crippen LogP contribution in [-0.4, -0.2) is 191 Å². The molecule has 0 fully saturated rings. The second-order valence-corrected chi connectivity index (χ2v) is 24.8. The van der Waals surface area contributed by atoms with Crippen LogP contribution in [0.4, 0.5) is 0 Å². The lowest BCUT2D eigenvalue weighted by Crippen LogP contribution is -2.59. The van der Waals surface area contributed by atoms with Gasteiger partial charge in [0, 0.05) is 43.0 Å². The molecule has 34 nitrogen and oxygen atoms in total. The van der Waals surface area contributed by atoms with E-state index in [1.165, 1.54) is 13.8 Å². The second-order valence-electron chi connectivity index (χ2n) is 24.8. The van der Waals surface area contributed by atoms with Gasteiger partial charge in [-0.15, -0.1) is 0 Å². The zero-order valence-corrected chi connectivity index (χ0v) is 55.9. The van der Waals surface area contributed by atoms with Crippen LogP contribution < -0.4 is 87.2 Å². The summed E-state index contributed by atoms with van der Waals surface area (Å²) >= 11 is 0. The second kappa shape index (κ2) is 41.2. The number of nitrogens with two attached hydrogens (primary N) is 5. The summed E-state index contributed by atoms with van der Waals surface area (Å²) in [4.78, 5) is 184. The van der Waals surface area contributed by atoms with Gasteiger partial charge in [-0.05, 0) is 101 Å². The molecule has 530 valence electrons. The number of nitrogens with zero attached hydrogens (tertiary/aromatic N) is 2. The van der Waals surface area contributed by atoms with Gasteiger partial charge in [0.1, 0.15) is 54.4 Å². The molecule has 24 N–H and O–H groups in total. The van der Waals surface area contributed by atoms with Crippen LogP contribution in [0.15, 0.2) is 40.4 Å². The van der Waals surface area contributed by atoms with E-state index in [1.807, 2.05) is 18.2 Å². The number of nitrogens with one attached hydrogen (secondary N) is 12. The largest absolute Gasteiger partial charge is 0.481 e. The highest BCUT2D eigenvalue weighted by molar-refractivity contribution is 5.99. The summed E-state index contributed by atoms with van der Waals surface area (Å²) in [6.45, 7) is 15.2. The van der Waals surface area contributed by atoms with Crippen LogP contribution in [0.25, 0.3) is 10.9 Å². The highest BCUT2D eigenvalue weighted by atomic mass is 16.4. The zero-order chi connectivity index (χ0) is 71.8. The van der Waals surface area contributed by atoms with Crippen molar-refractivity contribution in [1.29, 1.82) is 0 Å². The number of benzene rings is 1. The van der Waals surface area contributed by atoms with E-state index in [0.717, 1.165) is 10.9 Å². The number of aliphatic imine (C=N–C) groups is 2. The van der Waals surface area contributed by atoms with Gasteiger partial charge in [0.15, 0.2) is 11.9 Å². The number of aromatic amines is 1. The maximum Gasteiger partial charge on any atom is 0.326 e. The number of aromatic nitrogens is 1. The highest BCUT2D eigenvalue weighted by Gasteiger charge is 2.35. The average molecular weight is 1340 g/mol. The summed E-state index contributed by atoms with van der Waals surface area (Å²) in [5.74, 6) is -13.2. The first-order valence-electron chi connectivity index (χ1n) is 31.6. The molecule has 0 aliphatic carbocycles. The van der Waals surface area contributed by atoms with Crippen LogP contribution >= 0.6 is 0 Å². The molecule has 2 rings (SSSR count). The number of fused-ring (bicyclic) bond motifs is 1. The van der Waals surface area contributed by atoms with Crippen molar-refractivity contribution in [2.45, 2.75) is 194 Å². The average Bonchev–Trinajstić information content (AvgIpc) is 1.72. The Morgan fingerprint density at radius 3 is 1.43 bits per heavy atom. The number of para-hydroxylation sites is 1. The Labute approximate surface area is 552 Å². The number of hydrogen-bond donors (Lipinski definition) is 19. The van der Waals surface area contributed by atoms with Gasteiger partial charge in [-0.25, -0.2) is 4.79 Å². The molecule has 95 heavy (non-hydrogen) atoms. The summed E-state index contributed by atoms with van der Waals surface area (Å²) in [6.07, 6.45) is 1.20. The minimum atomic E-state index is -1.63. The Morgan fingerprint density at radius 1 is 0.474 bits per heavy atom. The summed E-state index contributed by atoms with van der Waals surface area (Å²) in [6, 6.07) is -5.66. The van der Waals surface area contributed by atoms with Crippen LogP contribution in [0.2, 0.25) is 0 Å². The number of hydrogen-bond acceptors (Lipinski definition) is 16. The Hall–Kier alpha value is -9.63. The predicted molar refractivity (Wildman–Crippen MR) is 352 cm³/mol. The molecule has 0 spiro atoms. The number of carbonyl (C=O) groups excluding carboxylic acids is 11. The number of rotatable bonds is 43. The quantitative estimate of drug-likeness (QED) is 0.0174. The Kier molecular flexibility index (Phi) is 35.3. The minimum absolute atomic E-state index is 0.0187. The van der Waals surface area contributed by atoms with Crippen LogP contribution in [-0.2, 0) is 68.7 Å². The van der Waals surface area contributed by atoms with E-state index >= 15 is 0 Å². The molecule has 0 unspecified atom stereocenters. The molecule has 1 aromatic carbocycles. The Balaban J connectivity index is 2.22. The van der Waals surface area contributed by atoms with E-state index < -0.39 is 169 Å².